The number of carbonyl (C=O) groups is 3. The molecule has 0 aliphatic carbocycles. The van der Waals surface area contributed by atoms with Crippen molar-refractivity contribution in [3.8, 4) is 5.75 Å². The smallest absolute Gasteiger partial charge is 0.292 e. The second-order valence-corrected chi connectivity index (χ2v) is 6.56. The summed E-state index contributed by atoms with van der Waals surface area (Å²) in [5.74, 6) is -1.56. The van der Waals surface area contributed by atoms with E-state index in [1.54, 1.807) is 35.2 Å². The minimum atomic E-state index is -0.839. The third-order valence-corrected chi connectivity index (χ3v) is 4.78. The number of Topliss-reactive ketones (excluding diaryl/α,β-unsaturated/α-hetero) is 1. The Morgan fingerprint density at radius 3 is 2.28 bits per heavy atom. The van der Waals surface area contributed by atoms with Crippen LogP contribution >= 0.6 is 0 Å². The zero-order chi connectivity index (χ0) is 20.8. The van der Waals surface area contributed by atoms with Crippen LogP contribution in [0.5, 0.6) is 5.75 Å². The molecular weight excluding hydrogens is 377 g/mol. The fourth-order valence-electron chi connectivity index (χ4n) is 3.13. The molecule has 1 aliphatic rings. The van der Waals surface area contributed by atoms with E-state index in [1.807, 2.05) is 4.90 Å². The van der Waals surface area contributed by atoms with E-state index >= 15 is 0 Å². The van der Waals surface area contributed by atoms with Gasteiger partial charge in [0.25, 0.3) is 5.91 Å². The average molecular weight is 399 g/mol. The first-order valence-corrected chi connectivity index (χ1v) is 9.23. The number of benzene rings is 2. The molecule has 1 heterocycles. The lowest BCUT2D eigenvalue weighted by atomic mass is 10.1. The van der Waals surface area contributed by atoms with Crippen molar-refractivity contribution < 1.29 is 23.5 Å². The van der Waals surface area contributed by atoms with Crippen LogP contribution in [-0.4, -0.2) is 62.3 Å². The summed E-state index contributed by atoms with van der Waals surface area (Å²) in [5.41, 5.74) is 0.729. The number of nitrogens with zero attached hydrogens (tertiary/aromatic N) is 2. The number of ketones is 1. The highest BCUT2D eigenvalue weighted by Crippen LogP contribution is 2.20. The number of nitrogens with one attached hydrogen (secondary N) is 1. The number of rotatable bonds is 6. The van der Waals surface area contributed by atoms with Crippen LogP contribution < -0.4 is 15.0 Å². The molecule has 7 nitrogen and oxygen atoms in total. The van der Waals surface area contributed by atoms with Gasteiger partial charge in [-0.15, -0.1) is 0 Å². The largest absolute Gasteiger partial charge is 0.497 e. The summed E-state index contributed by atoms with van der Waals surface area (Å²) in [5, 5.41) is 2.37. The lowest BCUT2D eigenvalue weighted by Gasteiger charge is -2.36. The first-order chi connectivity index (χ1) is 14.0. The first kappa shape index (κ1) is 20.3. The van der Waals surface area contributed by atoms with Crippen molar-refractivity contribution in [3.63, 3.8) is 0 Å². The second-order valence-electron chi connectivity index (χ2n) is 6.56. The van der Waals surface area contributed by atoms with Crippen molar-refractivity contribution >= 4 is 23.3 Å². The standard InChI is InChI=1S/C21H22FN3O4/c1-29-16-8-6-15(7-9-16)20(27)21(28)23-14-19(26)25-12-10-24(11-13-25)18-5-3-2-4-17(18)22/h2-9H,10-14H2,1H3,(H,23,28). The summed E-state index contributed by atoms with van der Waals surface area (Å²) >= 11 is 0. The Hall–Kier alpha value is -3.42. The Labute approximate surface area is 168 Å². The lowest BCUT2D eigenvalue weighted by molar-refractivity contribution is -0.132. The predicted molar refractivity (Wildman–Crippen MR) is 106 cm³/mol. The Morgan fingerprint density at radius 1 is 1.00 bits per heavy atom. The van der Waals surface area contributed by atoms with Gasteiger partial charge in [0.05, 0.1) is 19.3 Å². The lowest BCUT2D eigenvalue weighted by Crippen LogP contribution is -2.51. The molecule has 0 spiro atoms. The van der Waals surface area contributed by atoms with Crippen molar-refractivity contribution in [2.24, 2.45) is 0 Å². The van der Waals surface area contributed by atoms with Crippen LogP contribution in [0.2, 0.25) is 0 Å². The number of para-hydroxylation sites is 1. The number of anilines is 1. The van der Waals surface area contributed by atoms with Crippen LogP contribution in [0, 0.1) is 5.82 Å². The van der Waals surface area contributed by atoms with E-state index in [1.165, 1.54) is 25.3 Å². The van der Waals surface area contributed by atoms with E-state index in [9.17, 15) is 18.8 Å². The van der Waals surface area contributed by atoms with E-state index in [-0.39, 0.29) is 23.8 Å². The van der Waals surface area contributed by atoms with Gasteiger partial charge in [-0.3, -0.25) is 14.4 Å². The normalized spacial score (nSPS) is 13.7. The monoisotopic (exact) mass is 399 g/mol. The number of hydrogen-bond donors (Lipinski definition) is 1. The van der Waals surface area contributed by atoms with E-state index in [2.05, 4.69) is 5.32 Å². The van der Waals surface area contributed by atoms with Crippen molar-refractivity contribution in [1.82, 2.24) is 10.2 Å². The maximum atomic E-state index is 13.9. The molecule has 152 valence electrons. The minimum Gasteiger partial charge on any atom is -0.497 e. The van der Waals surface area contributed by atoms with Gasteiger partial charge in [0.2, 0.25) is 11.7 Å². The van der Waals surface area contributed by atoms with Gasteiger partial charge in [0, 0.05) is 31.7 Å². The van der Waals surface area contributed by atoms with E-state index in [0.29, 0.717) is 37.6 Å². The summed E-state index contributed by atoms with van der Waals surface area (Å²) < 4.78 is 18.9. The van der Waals surface area contributed by atoms with E-state index in [0.717, 1.165) is 0 Å². The third-order valence-electron chi connectivity index (χ3n) is 4.78. The molecule has 1 fully saturated rings. The fraction of sp³-hybridized carbons (Fsp3) is 0.286. The van der Waals surface area contributed by atoms with Crippen LogP contribution in [0.1, 0.15) is 10.4 Å². The number of carbonyl (C=O) groups excluding carboxylic acids is 3. The molecular formula is C21H22FN3O4. The summed E-state index contributed by atoms with van der Waals surface area (Å²) in [6, 6.07) is 12.7. The van der Waals surface area contributed by atoms with Crippen LogP contribution in [0.3, 0.4) is 0 Å². The van der Waals surface area contributed by atoms with Gasteiger partial charge < -0.3 is 19.9 Å². The Balaban J connectivity index is 1.47. The molecule has 0 saturated carbocycles. The highest BCUT2D eigenvalue weighted by Gasteiger charge is 2.24. The maximum Gasteiger partial charge on any atom is 0.292 e. The topological polar surface area (TPSA) is 78.9 Å². The molecule has 0 bridgehead atoms. The van der Waals surface area contributed by atoms with Crippen molar-refractivity contribution in [3.05, 3.63) is 59.9 Å². The molecule has 0 aromatic heterocycles. The average Bonchev–Trinajstić information content (AvgIpc) is 2.77. The quantitative estimate of drug-likeness (QED) is 0.588. The van der Waals surface area contributed by atoms with Gasteiger partial charge in [0.1, 0.15) is 11.6 Å². The maximum absolute atomic E-state index is 13.9. The highest BCUT2D eigenvalue weighted by molar-refractivity contribution is 6.43. The molecule has 2 aromatic carbocycles. The molecule has 29 heavy (non-hydrogen) atoms. The molecule has 1 saturated heterocycles. The zero-order valence-corrected chi connectivity index (χ0v) is 16.1. The Morgan fingerprint density at radius 2 is 1.66 bits per heavy atom. The van der Waals surface area contributed by atoms with Gasteiger partial charge in [-0.2, -0.15) is 0 Å². The summed E-state index contributed by atoms with van der Waals surface area (Å²) in [7, 11) is 1.51. The van der Waals surface area contributed by atoms with E-state index in [4.69, 9.17) is 4.74 Å². The molecule has 2 aromatic rings. The van der Waals surface area contributed by atoms with E-state index < -0.39 is 11.7 Å². The van der Waals surface area contributed by atoms with Crippen LogP contribution in [-0.2, 0) is 9.59 Å². The number of halogens is 1. The summed E-state index contributed by atoms with van der Waals surface area (Å²) in [6.45, 7) is 1.54. The van der Waals surface area contributed by atoms with Crippen LogP contribution in [0.25, 0.3) is 0 Å². The third kappa shape index (κ3) is 4.90. The molecule has 0 unspecified atom stereocenters. The summed E-state index contributed by atoms with van der Waals surface area (Å²) in [6.07, 6.45) is 0. The number of piperazine rings is 1. The molecule has 3 rings (SSSR count). The Kier molecular flexibility index (Phi) is 6.43. The second kappa shape index (κ2) is 9.18. The number of ether oxygens (including phenoxy) is 1. The Bertz CT molecular complexity index is 893. The molecule has 0 radical (unpaired) electrons. The molecule has 2 amide bonds. The SMILES string of the molecule is COc1ccc(C(=O)C(=O)NCC(=O)N2CCN(c3ccccc3F)CC2)cc1. The molecule has 1 aliphatic heterocycles. The number of methoxy groups -OCH3 is 1. The molecule has 0 atom stereocenters. The first-order valence-electron chi connectivity index (χ1n) is 9.23. The molecule has 1 N–H and O–H groups in total. The van der Waals surface area contributed by atoms with Crippen molar-refractivity contribution in [2.45, 2.75) is 0 Å². The van der Waals surface area contributed by atoms with Crippen molar-refractivity contribution in [1.29, 1.82) is 0 Å². The van der Waals surface area contributed by atoms with Crippen LogP contribution in [0.15, 0.2) is 48.5 Å². The van der Waals surface area contributed by atoms with Gasteiger partial charge >= 0.3 is 0 Å². The zero-order valence-electron chi connectivity index (χ0n) is 16.1. The highest BCUT2D eigenvalue weighted by atomic mass is 19.1. The van der Waals surface area contributed by atoms with Gasteiger partial charge in [-0.25, -0.2) is 4.39 Å². The number of amides is 2. The number of hydrogen-bond acceptors (Lipinski definition) is 5. The minimum absolute atomic E-state index is 0.217. The van der Waals surface area contributed by atoms with Gasteiger partial charge in [-0.1, -0.05) is 12.1 Å². The fourth-order valence-corrected chi connectivity index (χ4v) is 3.13. The predicted octanol–water partition coefficient (Wildman–Crippen LogP) is 1.48. The summed E-state index contributed by atoms with van der Waals surface area (Å²) in [4.78, 5) is 40.0. The van der Waals surface area contributed by atoms with Gasteiger partial charge in [-0.05, 0) is 36.4 Å². The molecule has 8 heteroatoms. The van der Waals surface area contributed by atoms with Gasteiger partial charge in [0.15, 0.2) is 0 Å². The van der Waals surface area contributed by atoms with Crippen molar-refractivity contribution in [2.75, 3.05) is 44.7 Å². The van der Waals surface area contributed by atoms with Crippen LogP contribution in [0.4, 0.5) is 10.1 Å².